The van der Waals surface area contributed by atoms with Crippen molar-refractivity contribution in [2.45, 2.75) is 11.4 Å². The number of amides is 3. The maximum Gasteiger partial charge on any atom is 0.333 e. The Kier molecular flexibility index (Phi) is 4.24. The quantitative estimate of drug-likeness (QED) is 0.773. The molecule has 7 heteroatoms. The van der Waals surface area contributed by atoms with Crippen LogP contribution in [0, 0.1) is 0 Å². The topological polar surface area (TPSA) is 59.1 Å². The molecule has 0 aliphatic carbocycles. The molecular weight excluding hydrogens is 352 g/mol. The molecule has 0 radical (unpaired) electrons. The van der Waals surface area contributed by atoms with E-state index in [1.165, 1.54) is 4.90 Å². The van der Waals surface area contributed by atoms with Gasteiger partial charge in [0.1, 0.15) is 22.9 Å². The van der Waals surface area contributed by atoms with Gasteiger partial charge in [0.05, 0.1) is 19.9 Å². The van der Waals surface area contributed by atoms with Gasteiger partial charge in [0, 0.05) is 5.75 Å². The molecule has 0 bridgehead atoms. The molecule has 6 nitrogen and oxygen atoms in total. The van der Waals surface area contributed by atoms with E-state index in [1.807, 2.05) is 24.3 Å². The van der Waals surface area contributed by atoms with Crippen molar-refractivity contribution in [1.82, 2.24) is 4.90 Å². The summed E-state index contributed by atoms with van der Waals surface area (Å²) < 4.78 is 10.3. The fourth-order valence-electron chi connectivity index (χ4n) is 3.28. The molecule has 2 heterocycles. The standard InChI is InChI=1S/C19H18N2O4S/c1-24-14-7-3-12(4-8-14)18-21-16(11-26-18)17(22)20(19(21)23)13-5-9-15(25-2)10-6-13/h3-10,16,18H,11H2,1-2H3/t16-,18+/m1/s1. The van der Waals surface area contributed by atoms with Crippen LogP contribution >= 0.6 is 11.8 Å². The van der Waals surface area contributed by atoms with Crippen LogP contribution in [-0.2, 0) is 4.79 Å². The number of benzene rings is 2. The van der Waals surface area contributed by atoms with E-state index in [-0.39, 0.29) is 17.3 Å². The van der Waals surface area contributed by atoms with Crippen molar-refractivity contribution in [3.8, 4) is 11.5 Å². The molecular formula is C19H18N2O4S. The molecule has 0 saturated carbocycles. The summed E-state index contributed by atoms with van der Waals surface area (Å²) in [7, 11) is 3.19. The molecule has 4 rings (SSSR count). The van der Waals surface area contributed by atoms with Gasteiger partial charge in [-0.2, -0.15) is 0 Å². The smallest absolute Gasteiger partial charge is 0.333 e. The number of carbonyl (C=O) groups is 2. The molecule has 0 unspecified atom stereocenters. The fraction of sp³-hybridized carbons (Fsp3) is 0.263. The average molecular weight is 370 g/mol. The van der Waals surface area contributed by atoms with Crippen LogP contribution in [-0.4, -0.2) is 42.9 Å². The Bertz CT molecular complexity index is 838. The number of urea groups is 1. The van der Waals surface area contributed by atoms with Gasteiger partial charge in [0.2, 0.25) is 0 Å². The first-order valence-corrected chi connectivity index (χ1v) is 9.25. The minimum atomic E-state index is -0.429. The zero-order chi connectivity index (χ0) is 18.3. The summed E-state index contributed by atoms with van der Waals surface area (Å²) in [6, 6.07) is 13.8. The van der Waals surface area contributed by atoms with Gasteiger partial charge in [-0.25, -0.2) is 9.69 Å². The maximum atomic E-state index is 13.0. The van der Waals surface area contributed by atoms with Gasteiger partial charge in [0.15, 0.2) is 0 Å². The summed E-state index contributed by atoms with van der Waals surface area (Å²) in [6.45, 7) is 0. The summed E-state index contributed by atoms with van der Waals surface area (Å²) in [5, 5.41) is -0.175. The lowest BCUT2D eigenvalue weighted by atomic mass is 10.2. The lowest BCUT2D eigenvalue weighted by Gasteiger charge is -2.23. The van der Waals surface area contributed by atoms with Crippen LogP contribution in [0.4, 0.5) is 10.5 Å². The molecule has 2 atom stereocenters. The summed E-state index contributed by atoms with van der Waals surface area (Å²) in [6.07, 6.45) is 0. The first kappa shape index (κ1) is 16.8. The number of rotatable bonds is 4. The average Bonchev–Trinajstić information content (AvgIpc) is 3.22. The Morgan fingerprint density at radius 3 is 2.08 bits per heavy atom. The van der Waals surface area contributed by atoms with E-state index < -0.39 is 6.04 Å². The molecule has 2 aliphatic heterocycles. The van der Waals surface area contributed by atoms with Gasteiger partial charge < -0.3 is 9.47 Å². The highest BCUT2D eigenvalue weighted by Crippen LogP contribution is 2.46. The monoisotopic (exact) mass is 370 g/mol. The van der Waals surface area contributed by atoms with E-state index in [0.717, 1.165) is 11.3 Å². The van der Waals surface area contributed by atoms with Crippen molar-refractivity contribution < 1.29 is 19.1 Å². The molecule has 3 amide bonds. The second-order valence-electron chi connectivity index (χ2n) is 6.04. The first-order chi connectivity index (χ1) is 12.6. The molecule has 2 saturated heterocycles. The number of imide groups is 1. The SMILES string of the molecule is COc1ccc([C@@H]2SC[C@@H]3C(=O)N(c4ccc(OC)cc4)C(=O)N32)cc1. The molecule has 2 aromatic carbocycles. The normalized spacial score (nSPS) is 21.9. The third-order valence-electron chi connectivity index (χ3n) is 4.65. The molecule has 26 heavy (non-hydrogen) atoms. The van der Waals surface area contributed by atoms with Crippen molar-refractivity contribution in [3.63, 3.8) is 0 Å². The van der Waals surface area contributed by atoms with Gasteiger partial charge in [-0.05, 0) is 42.0 Å². The number of anilines is 1. The van der Waals surface area contributed by atoms with Crippen molar-refractivity contribution >= 4 is 29.4 Å². The van der Waals surface area contributed by atoms with Crippen molar-refractivity contribution in [3.05, 3.63) is 54.1 Å². The van der Waals surface area contributed by atoms with Gasteiger partial charge >= 0.3 is 6.03 Å². The van der Waals surface area contributed by atoms with Crippen LogP contribution in [0.5, 0.6) is 11.5 Å². The van der Waals surface area contributed by atoms with E-state index in [1.54, 1.807) is 55.1 Å². The van der Waals surface area contributed by atoms with Crippen LogP contribution in [0.25, 0.3) is 0 Å². The zero-order valence-corrected chi connectivity index (χ0v) is 15.2. The Hall–Kier alpha value is -2.67. The van der Waals surface area contributed by atoms with Crippen LogP contribution in [0.2, 0.25) is 0 Å². The second-order valence-corrected chi connectivity index (χ2v) is 7.15. The lowest BCUT2D eigenvalue weighted by molar-refractivity contribution is -0.119. The largest absolute Gasteiger partial charge is 0.497 e. The predicted molar refractivity (Wildman–Crippen MR) is 99.7 cm³/mol. The second kappa shape index (κ2) is 6.57. The van der Waals surface area contributed by atoms with E-state index in [2.05, 4.69) is 0 Å². The first-order valence-electron chi connectivity index (χ1n) is 8.20. The minimum absolute atomic E-state index is 0.175. The number of nitrogens with zero attached hydrogens (tertiary/aromatic N) is 2. The highest BCUT2D eigenvalue weighted by Gasteiger charge is 2.53. The van der Waals surface area contributed by atoms with Crippen molar-refractivity contribution in [1.29, 1.82) is 0 Å². The van der Waals surface area contributed by atoms with Gasteiger partial charge in [-0.15, -0.1) is 11.8 Å². The van der Waals surface area contributed by atoms with Crippen LogP contribution in [0.3, 0.4) is 0 Å². The van der Waals surface area contributed by atoms with Crippen LogP contribution in [0.15, 0.2) is 48.5 Å². The summed E-state index contributed by atoms with van der Waals surface area (Å²) >= 11 is 1.61. The molecule has 2 aliphatic rings. The fourth-order valence-corrected chi connectivity index (χ4v) is 4.70. The lowest BCUT2D eigenvalue weighted by Crippen LogP contribution is -2.33. The summed E-state index contributed by atoms with van der Waals surface area (Å²) in [5.41, 5.74) is 1.55. The highest BCUT2D eigenvalue weighted by atomic mass is 32.2. The Morgan fingerprint density at radius 2 is 1.50 bits per heavy atom. The van der Waals surface area contributed by atoms with Gasteiger partial charge in [0.25, 0.3) is 5.91 Å². The Balaban J connectivity index is 1.62. The number of hydrogen-bond acceptors (Lipinski definition) is 5. The Labute approximate surface area is 155 Å². The third-order valence-corrected chi connectivity index (χ3v) is 5.97. The van der Waals surface area contributed by atoms with E-state index in [4.69, 9.17) is 9.47 Å². The molecule has 134 valence electrons. The number of thioether (sulfide) groups is 1. The molecule has 0 aromatic heterocycles. The molecule has 2 fully saturated rings. The minimum Gasteiger partial charge on any atom is -0.497 e. The maximum absolute atomic E-state index is 13.0. The van der Waals surface area contributed by atoms with Crippen molar-refractivity contribution in [2.24, 2.45) is 0 Å². The van der Waals surface area contributed by atoms with Crippen LogP contribution in [0.1, 0.15) is 10.9 Å². The third kappa shape index (κ3) is 2.59. The van der Waals surface area contributed by atoms with E-state index in [0.29, 0.717) is 17.2 Å². The zero-order valence-electron chi connectivity index (χ0n) is 14.4. The number of methoxy groups -OCH3 is 2. The summed E-state index contributed by atoms with van der Waals surface area (Å²) in [4.78, 5) is 28.8. The Morgan fingerprint density at radius 1 is 0.923 bits per heavy atom. The summed E-state index contributed by atoms with van der Waals surface area (Å²) in [5.74, 6) is 1.86. The van der Waals surface area contributed by atoms with Crippen LogP contribution < -0.4 is 14.4 Å². The van der Waals surface area contributed by atoms with Crippen molar-refractivity contribution in [2.75, 3.05) is 24.9 Å². The number of ether oxygens (including phenoxy) is 2. The number of carbonyl (C=O) groups excluding carboxylic acids is 2. The van der Waals surface area contributed by atoms with E-state index in [9.17, 15) is 9.59 Å². The predicted octanol–water partition coefficient (Wildman–Crippen LogP) is 3.29. The van der Waals surface area contributed by atoms with Gasteiger partial charge in [-0.3, -0.25) is 9.69 Å². The highest BCUT2D eigenvalue weighted by molar-refractivity contribution is 7.99. The van der Waals surface area contributed by atoms with E-state index >= 15 is 0 Å². The number of fused-ring (bicyclic) bond motifs is 1. The van der Waals surface area contributed by atoms with Gasteiger partial charge in [-0.1, -0.05) is 12.1 Å². The number of hydrogen-bond donors (Lipinski definition) is 0. The molecule has 2 aromatic rings. The molecule has 0 spiro atoms. The molecule has 0 N–H and O–H groups in total.